The summed E-state index contributed by atoms with van der Waals surface area (Å²) >= 11 is 0. The third-order valence-electron chi connectivity index (χ3n) is 3.81. The van der Waals surface area contributed by atoms with Gasteiger partial charge in [-0.05, 0) is 19.9 Å². The van der Waals surface area contributed by atoms with Crippen LogP contribution >= 0.6 is 24.0 Å². The summed E-state index contributed by atoms with van der Waals surface area (Å²) in [5.41, 5.74) is 0. The Balaban J connectivity index is 0.00000441. The fourth-order valence-electron chi connectivity index (χ4n) is 2.53. The normalized spacial score (nSPS) is 20.1. The molecule has 0 bridgehead atoms. The molecule has 0 aromatic heterocycles. The van der Waals surface area contributed by atoms with Crippen molar-refractivity contribution in [2.24, 2.45) is 10.9 Å². The molecule has 0 amide bonds. The molecule has 22 heavy (non-hydrogen) atoms. The third kappa shape index (κ3) is 9.12. The predicted octanol–water partition coefficient (Wildman–Crippen LogP) is 0.688. The van der Waals surface area contributed by atoms with Crippen molar-refractivity contribution >= 4 is 29.9 Å². The Morgan fingerprint density at radius 1 is 1.23 bits per heavy atom. The molecule has 0 saturated carbocycles. The second-order valence-corrected chi connectivity index (χ2v) is 6.16. The summed E-state index contributed by atoms with van der Waals surface area (Å²) in [6.07, 6.45) is 0. The number of hydrogen-bond donors (Lipinski definition) is 2. The van der Waals surface area contributed by atoms with Gasteiger partial charge in [0.15, 0.2) is 5.96 Å². The molecule has 132 valence electrons. The van der Waals surface area contributed by atoms with E-state index in [9.17, 15) is 0 Å². The summed E-state index contributed by atoms with van der Waals surface area (Å²) < 4.78 is 5.13. The van der Waals surface area contributed by atoms with Gasteiger partial charge in [-0.25, -0.2) is 0 Å². The Morgan fingerprint density at radius 2 is 1.86 bits per heavy atom. The average molecular weight is 427 g/mol. The molecule has 2 unspecified atom stereocenters. The largest absolute Gasteiger partial charge is 0.383 e. The molecule has 6 nitrogen and oxygen atoms in total. The van der Waals surface area contributed by atoms with Crippen LogP contribution in [0.1, 0.15) is 13.8 Å². The second-order valence-electron chi connectivity index (χ2n) is 6.16. The molecular formula is C15H34IN5O. The first-order valence-corrected chi connectivity index (χ1v) is 7.92. The van der Waals surface area contributed by atoms with Crippen LogP contribution in [0, 0.1) is 5.92 Å². The number of likely N-dealkylation sites (N-methyl/N-ethyl adjacent to an activating group) is 1. The molecule has 0 aromatic rings. The number of hydrogen-bond acceptors (Lipinski definition) is 4. The van der Waals surface area contributed by atoms with Crippen molar-refractivity contribution in [3.8, 4) is 0 Å². The molecule has 0 aliphatic carbocycles. The number of halogens is 1. The van der Waals surface area contributed by atoms with Crippen molar-refractivity contribution in [1.82, 2.24) is 20.4 Å². The maximum atomic E-state index is 5.13. The van der Waals surface area contributed by atoms with Crippen molar-refractivity contribution in [3.63, 3.8) is 0 Å². The van der Waals surface area contributed by atoms with Crippen molar-refractivity contribution in [2.75, 3.05) is 67.1 Å². The van der Waals surface area contributed by atoms with E-state index >= 15 is 0 Å². The van der Waals surface area contributed by atoms with Gasteiger partial charge in [0.25, 0.3) is 0 Å². The maximum absolute atomic E-state index is 5.13. The highest BCUT2D eigenvalue weighted by molar-refractivity contribution is 14.0. The van der Waals surface area contributed by atoms with Crippen LogP contribution in [0.2, 0.25) is 0 Å². The third-order valence-corrected chi connectivity index (χ3v) is 3.81. The standard InChI is InChI=1S/C15H33N5O.HI/c1-13(11-20-8-6-19(4)7-9-20)10-17-15(16-3)18-14(2)12-21-5;/h13-14H,6-12H2,1-5H3,(H2,16,17,18);1H. The number of nitrogens with zero attached hydrogens (tertiary/aromatic N) is 3. The Kier molecular flexibility index (Phi) is 12.3. The zero-order valence-corrected chi connectivity index (χ0v) is 17.1. The number of aliphatic imine (C=N–C) groups is 1. The summed E-state index contributed by atoms with van der Waals surface area (Å²) in [5, 5.41) is 6.73. The fraction of sp³-hybridized carbons (Fsp3) is 0.933. The van der Waals surface area contributed by atoms with Gasteiger partial charge in [-0.2, -0.15) is 0 Å². The molecule has 7 heteroatoms. The van der Waals surface area contributed by atoms with Gasteiger partial charge in [0.05, 0.1) is 6.61 Å². The number of piperazine rings is 1. The Labute approximate surface area is 153 Å². The second kappa shape index (κ2) is 12.3. The van der Waals surface area contributed by atoms with E-state index in [1.807, 2.05) is 0 Å². The van der Waals surface area contributed by atoms with Crippen LogP contribution in [0.5, 0.6) is 0 Å². The van der Waals surface area contributed by atoms with E-state index in [4.69, 9.17) is 4.74 Å². The van der Waals surface area contributed by atoms with Gasteiger partial charge < -0.3 is 25.2 Å². The Morgan fingerprint density at radius 3 is 2.41 bits per heavy atom. The molecule has 2 N–H and O–H groups in total. The number of nitrogens with one attached hydrogen (secondary N) is 2. The summed E-state index contributed by atoms with van der Waals surface area (Å²) in [7, 11) is 5.71. The number of methoxy groups -OCH3 is 1. The minimum absolute atomic E-state index is 0. The van der Waals surface area contributed by atoms with Gasteiger partial charge in [0.2, 0.25) is 0 Å². The highest BCUT2D eigenvalue weighted by Crippen LogP contribution is 2.03. The predicted molar refractivity (Wildman–Crippen MR) is 104 cm³/mol. The van der Waals surface area contributed by atoms with Crippen LogP contribution in [0.15, 0.2) is 4.99 Å². The van der Waals surface area contributed by atoms with E-state index in [1.54, 1.807) is 14.2 Å². The van der Waals surface area contributed by atoms with E-state index in [0.29, 0.717) is 12.5 Å². The summed E-state index contributed by atoms with van der Waals surface area (Å²) in [4.78, 5) is 9.20. The highest BCUT2D eigenvalue weighted by Gasteiger charge is 2.16. The smallest absolute Gasteiger partial charge is 0.191 e. The molecule has 1 heterocycles. The quantitative estimate of drug-likeness (QED) is 0.356. The molecule has 1 rings (SSSR count). The lowest BCUT2D eigenvalue weighted by Crippen LogP contribution is -2.48. The SMILES string of the molecule is CN=C(NCC(C)CN1CCN(C)CC1)NC(C)COC.I. The monoisotopic (exact) mass is 427 g/mol. The van der Waals surface area contributed by atoms with E-state index in [1.165, 1.54) is 26.2 Å². The van der Waals surface area contributed by atoms with E-state index in [0.717, 1.165) is 19.0 Å². The molecular weight excluding hydrogens is 393 g/mol. The minimum Gasteiger partial charge on any atom is -0.383 e. The number of ether oxygens (including phenoxy) is 1. The molecule has 0 aromatic carbocycles. The van der Waals surface area contributed by atoms with Gasteiger partial charge >= 0.3 is 0 Å². The highest BCUT2D eigenvalue weighted by atomic mass is 127. The fourth-order valence-corrected chi connectivity index (χ4v) is 2.53. The molecule has 1 aliphatic rings. The molecule has 1 fully saturated rings. The molecule has 0 spiro atoms. The lowest BCUT2D eigenvalue weighted by molar-refractivity contribution is 0.139. The summed E-state index contributed by atoms with van der Waals surface area (Å²) in [5.74, 6) is 1.45. The topological polar surface area (TPSA) is 52.1 Å². The van der Waals surface area contributed by atoms with Gasteiger partial charge in [0, 0.05) is 59.5 Å². The van der Waals surface area contributed by atoms with Gasteiger partial charge in [-0.1, -0.05) is 6.92 Å². The van der Waals surface area contributed by atoms with Gasteiger partial charge in [-0.3, -0.25) is 4.99 Å². The van der Waals surface area contributed by atoms with Crippen LogP contribution < -0.4 is 10.6 Å². The van der Waals surface area contributed by atoms with Crippen LogP contribution in [0.25, 0.3) is 0 Å². The van der Waals surface area contributed by atoms with Crippen molar-refractivity contribution < 1.29 is 4.74 Å². The Hall–Kier alpha value is -0.120. The Bertz CT molecular complexity index is 308. The van der Waals surface area contributed by atoms with Crippen LogP contribution in [0.3, 0.4) is 0 Å². The van der Waals surface area contributed by atoms with Crippen molar-refractivity contribution in [2.45, 2.75) is 19.9 Å². The first-order chi connectivity index (χ1) is 10.0. The van der Waals surface area contributed by atoms with Crippen LogP contribution in [-0.4, -0.2) is 88.9 Å². The number of rotatable bonds is 7. The van der Waals surface area contributed by atoms with E-state index < -0.39 is 0 Å². The lowest BCUT2D eigenvalue weighted by Gasteiger charge is -2.34. The van der Waals surface area contributed by atoms with E-state index in [-0.39, 0.29) is 30.0 Å². The maximum Gasteiger partial charge on any atom is 0.191 e. The summed E-state index contributed by atoms with van der Waals surface area (Å²) in [6, 6.07) is 0.258. The van der Waals surface area contributed by atoms with E-state index in [2.05, 4.69) is 46.3 Å². The van der Waals surface area contributed by atoms with Gasteiger partial charge in [-0.15, -0.1) is 24.0 Å². The van der Waals surface area contributed by atoms with Crippen molar-refractivity contribution in [1.29, 1.82) is 0 Å². The van der Waals surface area contributed by atoms with Crippen molar-refractivity contribution in [3.05, 3.63) is 0 Å². The average Bonchev–Trinajstić information content (AvgIpc) is 2.46. The lowest BCUT2D eigenvalue weighted by atomic mass is 10.1. The zero-order valence-electron chi connectivity index (χ0n) is 14.8. The molecule has 2 atom stereocenters. The van der Waals surface area contributed by atoms with Gasteiger partial charge in [0.1, 0.15) is 0 Å². The molecule has 0 radical (unpaired) electrons. The zero-order chi connectivity index (χ0) is 15.7. The first-order valence-electron chi connectivity index (χ1n) is 7.92. The van der Waals surface area contributed by atoms with Crippen LogP contribution in [0.4, 0.5) is 0 Å². The first kappa shape index (κ1) is 21.9. The summed E-state index contributed by atoms with van der Waals surface area (Å²) in [6.45, 7) is 11.9. The molecule has 1 saturated heterocycles. The van der Waals surface area contributed by atoms with Crippen LogP contribution in [-0.2, 0) is 4.74 Å². The minimum atomic E-state index is 0. The number of guanidine groups is 1. The molecule has 1 aliphatic heterocycles.